The fourth-order valence-electron chi connectivity index (χ4n) is 4.27. The van der Waals surface area contributed by atoms with Crippen LogP contribution in [0.1, 0.15) is 30.0 Å². The second kappa shape index (κ2) is 13.8. The molecule has 0 aliphatic rings. The molecule has 0 radical (unpaired) electrons. The number of methoxy groups -OCH3 is 1. The predicted octanol–water partition coefficient (Wildman–Crippen LogP) is 3.94. The number of carbonyl (C=O) groups excluding carboxylic acids is 2. The number of aryl methyl sites for hydroxylation is 1. The third-order valence-corrected chi connectivity index (χ3v) is 7.58. The number of hydrogen-bond donors (Lipinski definition) is 1. The minimum atomic E-state index is -3.84. The molecule has 1 atom stereocenters. The Hall–Kier alpha value is -3.85. The van der Waals surface area contributed by atoms with Gasteiger partial charge in [0.05, 0.1) is 19.1 Å². The first-order chi connectivity index (χ1) is 18.6. The lowest BCUT2D eigenvalue weighted by molar-refractivity contribution is -0.140. The fraction of sp³-hybridized carbons (Fsp3) is 0.333. The highest BCUT2D eigenvalue weighted by molar-refractivity contribution is 7.92. The van der Waals surface area contributed by atoms with Gasteiger partial charge in [-0.2, -0.15) is 0 Å². The lowest BCUT2D eigenvalue weighted by atomic mass is 10.0. The Morgan fingerprint density at radius 3 is 2.31 bits per heavy atom. The van der Waals surface area contributed by atoms with Crippen molar-refractivity contribution in [2.24, 2.45) is 0 Å². The van der Waals surface area contributed by atoms with Gasteiger partial charge in [0.1, 0.15) is 18.3 Å². The molecule has 0 saturated heterocycles. The zero-order valence-corrected chi connectivity index (χ0v) is 23.8. The molecule has 0 spiro atoms. The van der Waals surface area contributed by atoms with Crippen molar-refractivity contribution >= 4 is 27.5 Å². The quantitative estimate of drug-likeness (QED) is 0.347. The molecular weight excluding hydrogens is 514 g/mol. The molecule has 0 fully saturated rings. The van der Waals surface area contributed by atoms with Crippen molar-refractivity contribution in [3.8, 4) is 5.75 Å². The van der Waals surface area contributed by atoms with Gasteiger partial charge in [-0.3, -0.25) is 13.9 Å². The van der Waals surface area contributed by atoms with E-state index in [0.717, 1.165) is 33.7 Å². The monoisotopic (exact) mass is 551 g/mol. The molecule has 0 aliphatic heterocycles. The van der Waals surface area contributed by atoms with E-state index >= 15 is 0 Å². The highest BCUT2D eigenvalue weighted by Crippen LogP contribution is 2.24. The topological polar surface area (TPSA) is 96.0 Å². The highest BCUT2D eigenvalue weighted by atomic mass is 32.2. The van der Waals surface area contributed by atoms with Crippen LogP contribution in [-0.4, -0.2) is 57.6 Å². The van der Waals surface area contributed by atoms with Gasteiger partial charge in [0, 0.05) is 25.6 Å². The van der Waals surface area contributed by atoms with Crippen molar-refractivity contribution < 1.29 is 22.7 Å². The minimum Gasteiger partial charge on any atom is -0.497 e. The van der Waals surface area contributed by atoms with E-state index in [1.165, 1.54) is 12.0 Å². The Bertz CT molecular complexity index is 1360. The SMILES string of the molecule is CCCNC(=O)[C@H](Cc1ccccc1)N(Cc1ccccc1C)C(=O)CN(c1cccc(OC)c1)S(C)(=O)=O. The number of ether oxygens (including phenoxy) is 1. The Kier molecular flexibility index (Phi) is 10.5. The number of carbonyl (C=O) groups is 2. The molecule has 2 amide bonds. The third kappa shape index (κ3) is 8.32. The van der Waals surface area contributed by atoms with Gasteiger partial charge in [-0.25, -0.2) is 8.42 Å². The molecule has 0 aliphatic carbocycles. The molecule has 3 aromatic carbocycles. The average molecular weight is 552 g/mol. The zero-order valence-electron chi connectivity index (χ0n) is 23.0. The van der Waals surface area contributed by atoms with Gasteiger partial charge in [0.15, 0.2) is 0 Å². The number of rotatable bonds is 13. The summed E-state index contributed by atoms with van der Waals surface area (Å²) in [6, 6.07) is 22.8. The van der Waals surface area contributed by atoms with Gasteiger partial charge >= 0.3 is 0 Å². The maximum absolute atomic E-state index is 14.1. The first-order valence-corrected chi connectivity index (χ1v) is 14.8. The summed E-state index contributed by atoms with van der Waals surface area (Å²) in [7, 11) is -2.35. The van der Waals surface area contributed by atoms with Crippen LogP contribution in [0.15, 0.2) is 78.9 Å². The van der Waals surface area contributed by atoms with Crippen LogP contribution >= 0.6 is 0 Å². The van der Waals surface area contributed by atoms with Crippen molar-refractivity contribution in [1.29, 1.82) is 0 Å². The second-order valence-corrected chi connectivity index (χ2v) is 11.3. The Morgan fingerprint density at radius 1 is 0.974 bits per heavy atom. The molecule has 9 heteroatoms. The number of anilines is 1. The van der Waals surface area contributed by atoms with Crippen LogP contribution in [0, 0.1) is 6.92 Å². The van der Waals surface area contributed by atoms with Crippen molar-refractivity contribution in [2.75, 3.05) is 30.8 Å². The molecule has 208 valence electrons. The smallest absolute Gasteiger partial charge is 0.244 e. The van der Waals surface area contributed by atoms with Crippen molar-refractivity contribution in [1.82, 2.24) is 10.2 Å². The summed E-state index contributed by atoms with van der Waals surface area (Å²) in [5.74, 6) is -0.305. The zero-order chi connectivity index (χ0) is 28.4. The van der Waals surface area contributed by atoms with Crippen LogP contribution < -0.4 is 14.4 Å². The largest absolute Gasteiger partial charge is 0.497 e. The number of sulfonamides is 1. The van der Waals surface area contributed by atoms with Crippen LogP contribution in [0.4, 0.5) is 5.69 Å². The van der Waals surface area contributed by atoms with E-state index in [9.17, 15) is 18.0 Å². The Morgan fingerprint density at radius 2 is 1.67 bits per heavy atom. The number of hydrogen-bond acceptors (Lipinski definition) is 5. The Balaban J connectivity index is 2.05. The summed E-state index contributed by atoms with van der Waals surface area (Å²) < 4.78 is 32.1. The molecule has 3 rings (SSSR count). The van der Waals surface area contributed by atoms with Crippen molar-refractivity contribution in [3.63, 3.8) is 0 Å². The van der Waals surface area contributed by atoms with Gasteiger partial charge < -0.3 is 15.0 Å². The third-order valence-electron chi connectivity index (χ3n) is 6.44. The summed E-state index contributed by atoms with van der Waals surface area (Å²) in [5, 5.41) is 2.94. The molecule has 3 aromatic rings. The van der Waals surface area contributed by atoms with Crippen LogP contribution in [0.3, 0.4) is 0 Å². The van der Waals surface area contributed by atoms with Gasteiger partial charge in [0.2, 0.25) is 21.8 Å². The molecule has 8 nitrogen and oxygen atoms in total. The van der Waals surface area contributed by atoms with Crippen molar-refractivity contribution in [3.05, 3.63) is 95.6 Å². The molecule has 0 saturated carbocycles. The maximum atomic E-state index is 14.1. The van der Waals surface area contributed by atoms with E-state index in [4.69, 9.17) is 4.74 Å². The summed E-state index contributed by atoms with van der Waals surface area (Å²) >= 11 is 0. The fourth-order valence-corrected chi connectivity index (χ4v) is 5.11. The Labute approximate surface area is 231 Å². The summed E-state index contributed by atoms with van der Waals surface area (Å²) in [4.78, 5) is 29.1. The van der Waals surface area contributed by atoms with E-state index in [0.29, 0.717) is 18.0 Å². The lowest BCUT2D eigenvalue weighted by Crippen LogP contribution is -2.53. The lowest BCUT2D eigenvalue weighted by Gasteiger charge is -2.34. The number of amides is 2. The van der Waals surface area contributed by atoms with E-state index in [1.54, 1.807) is 24.3 Å². The molecular formula is C30H37N3O5S. The van der Waals surface area contributed by atoms with Crippen LogP contribution in [0.2, 0.25) is 0 Å². The van der Waals surface area contributed by atoms with Crippen LogP contribution in [0.25, 0.3) is 0 Å². The van der Waals surface area contributed by atoms with Crippen molar-refractivity contribution in [2.45, 2.75) is 39.3 Å². The van der Waals surface area contributed by atoms with Crippen LogP contribution in [0.5, 0.6) is 5.75 Å². The first kappa shape index (κ1) is 29.7. The minimum absolute atomic E-state index is 0.151. The van der Waals surface area contributed by atoms with Crippen LogP contribution in [-0.2, 0) is 32.6 Å². The number of nitrogens with zero attached hydrogens (tertiary/aromatic N) is 2. The number of benzene rings is 3. The van der Waals surface area contributed by atoms with E-state index in [1.807, 2.05) is 68.4 Å². The van der Waals surface area contributed by atoms with E-state index in [-0.39, 0.29) is 18.9 Å². The second-order valence-electron chi connectivity index (χ2n) is 9.42. The molecule has 1 N–H and O–H groups in total. The molecule has 0 unspecified atom stereocenters. The molecule has 0 aromatic heterocycles. The molecule has 39 heavy (non-hydrogen) atoms. The summed E-state index contributed by atoms with van der Waals surface area (Å²) in [6.07, 6.45) is 2.08. The van der Waals surface area contributed by atoms with Gasteiger partial charge in [-0.15, -0.1) is 0 Å². The highest BCUT2D eigenvalue weighted by Gasteiger charge is 2.33. The van der Waals surface area contributed by atoms with Gasteiger partial charge in [-0.1, -0.05) is 67.6 Å². The normalized spacial score (nSPS) is 11.9. The molecule has 0 heterocycles. The standard InChI is InChI=1S/C30H37N3O5S/c1-5-18-31-30(35)28(19-24-13-7-6-8-14-24)32(21-25-15-10-9-12-23(25)2)29(34)22-33(39(4,36)37)26-16-11-17-27(20-26)38-3/h6-17,20,28H,5,18-19,21-22H2,1-4H3,(H,31,35)/t28-/m0/s1. The summed E-state index contributed by atoms with van der Waals surface area (Å²) in [6.45, 7) is 4.06. The van der Waals surface area contributed by atoms with Gasteiger partial charge in [0.25, 0.3) is 0 Å². The summed E-state index contributed by atoms with van der Waals surface area (Å²) in [5.41, 5.74) is 3.04. The number of nitrogens with one attached hydrogen (secondary N) is 1. The first-order valence-electron chi connectivity index (χ1n) is 12.9. The predicted molar refractivity (Wildman–Crippen MR) is 154 cm³/mol. The van der Waals surface area contributed by atoms with E-state index < -0.39 is 28.5 Å². The van der Waals surface area contributed by atoms with Gasteiger partial charge in [-0.05, 0) is 42.2 Å². The average Bonchev–Trinajstić information content (AvgIpc) is 2.93. The van der Waals surface area contributed by atoms with E-state index in [2.05, 4.69) is 5.32 Å². The maximum Gasteiger partial charge on any atom is 0.244 e. The molecule has 0 bridgehead atoms.